The lowest BCUT2D eigenvalue weighted by molar-refractivity contribution is 0.630. The molecule has 230 valence electrons. The summed E-state index contributed by atoms with van der Waals surface area (Å²) < 4.78 is 37.1. The van der Waals surface area contributed by atoms with Crippen LogP contribution < -0.4 is 0 Å². The topological polar surface area (TPSA) is 9.86 Å². The molecule has 0 aliphatic carbocycles. The Labute approximate surface area is 276 Å². The number of rotatable bonds is 4. The van der Waals surface area contributed by atoms with E-state index in [1.807, 2.05) is 60.7 Å². The average molecular weight is 625 g/mol. The number of fused-ring (bicyclic) bond motifs is 6. The number of para-hydroxylation sites is 4. The molecule has 2 nitrogen and oxygen atoms in total. The van der Waals surface area contributed by atoms with Gasteiger partial charge in [0.2, 0.25) is 0 Å². The Balaban J connectivity index is 1.58. The Morgan fingerprint density at radius 3 is 1.00 bits per heavy atom. The molecule has 0 amide bonds. The van der Waals surface area contributed by atoms with Crippen LogP contribution >= 0.6 is 0 Å². The first kappa shape index (κ1) is 28.2. The van der Waals surface area contributed by atoms with E-state index in [2.05, 4.69) is 83.6 Å². The first-order chi connectivity index (χ1) is 23.5. The molecule has 0 N–H and O–H groups in total. The Morgan fingerprint density at radius 2 is 0.646 bits per heavy atom. The first-order valence-electron chi connectivity index (χ1n) is 16.2. The van der Waals surface area contributed by atoms with Gasteiger partial charge in [0, 0.05) is 43.8 Å². The van der Waals surface area contributed by atoms with Crippen molar-refractivity contribution in [2.75, 3.05) is 0 Å². The lowest BCUT2D eigenvalue weighted by Gasteiger charge is -2.27. The number of benzene rings is 7. The van der Waals surface area contributed by atoms with Gasteiger partial charge in [0.05, 0.1) is 33.4 Å². The number of halogens is 2. The zero-order valence-electron chi connectivity index (χ0n) is 26.5. The van der Waals surface area contributed by atoms with E-state index in [0.29, 0.717) is 11.1 Å². The first-order valence-corrected chi connectivity index (χ1v) is 16.2. The second-order valence-corrected chi connectivity index (χ2v) is 12.4. The summed E-state index contributed by atoms with van der Waals surface area (Å²) in [6, 6.07) is 47.1. The van der Waals surface area contributed by atoms with E-state index in [1.54, 1.807) is 12.1 Å². The van der Waals surface area contributed by atoms with Gasteiger partial charge in [-0.1, -0.05) is 109 Å². The summed E-state index contributed by atoms with van der Waals surface area (Å²) in [6.45, 7) is 4.16. The molecular weight excluding hydrogens is 594 g/mol. The summed E-state index contributed by atoms with van der Waals surface area (Å²) in [6.07, 6.45) is 0. The fraction of sp³-hybridized carbons (Fsp3) is 0.0455. The molecule has 0 radical (unpaired) electrons. The second-order valence-electron chi connectivity index (χ2n) is 12.4. The second kappa shape index (κ2) is 10.8. The van der Waals surface area contributed by atoms with Crippen molar-refractivity contribution in [3.8, 4) is 33.6 Å². The standard InChI is InChI=1S/C44H30F2N2/c1-27-41(33-19-3-9-21-35(33)45)44(48-39-25-13-7-17-31(39)32-18-8-14-26-40(32)48)42(34-20-4-10-22-36(34)46)28(2)43(27)47-37-23-11-5-15-29(37)30-16-6-12-24-38(30)47/h3-26H,1-2H3. The van der Waals surface area contributed by atoms with Gasteiger partial charge in [-0.3, -0.25) is 0 Å². The summed E-state index contributed by atoms with van der Waals surface area (Å²) in [5.74, 6) is -0.668. The highest BCUT2D eigenvalue weighted by molar-refractivity contribution is 6.12. The van der Waals surface area contributed by atoms with Crippen LogP contribution in [-0.4, -0.2) is 9.13 Å². The van der Waals surface area contributed by atoms with Gasteiger partial charge in [-0.15, -0.1) is 0 Å². The molecule has 0 saturated heterocycles. The minimum atomic E-state index is -0.334. The molecule has 0 aliphatic rings. The van der Waals surface area contributed by atoms with Crippen molar-refractivity contribution in [3.63, 3.8) is 0 Å². The van der Waals surface area contributed by atoms with Crippen molar-refractivity contribution >= 4 is 43.6 Å². The smallest absolute Gasteiger partial charge is 0.131 e. The van der Waals surface area contributed by atoms with Crippen LogP contribution in [0.25, 0.3) is 77.2 Å². The maximum atomic E-state index is 16.3. The predicted octanol–water partition coefficient (Wildman–Crippen LogP) is 12.1. The van der Waals surface area contributed by atoms with Gasteiger partial charge < -0.3 is 9.13 Å². The predicted molar refractivity (Wildman–Crippen MR) is 195 cm³/mol. The molecule has 9 rings (SSSR count). The summed E-state index contributed by atoms with van der Waals surface area (Å²) in [7, 11) is 0. The van der Waals surface area contributed by atoms with E-state index in [-0.39, 0.29) is 11.6 Å². The maximum absolute atomic E-state index is 16.3. The third-order valence-electron chi connectivity index (χ3n) is 9.83. The molecular formula is C44H30F2N2. The van der Waals surface area contributed by atoms with Crippen molar-refractivity contribution in [3.05, 3.63) is 168 Å². The normalized spacial score (nSPS) is 11.8. The third kappa shape index (κ3) is 3.96. The van der Waals surface area contributed by atoms with Crippen LogP contribution in [0.15, 0.2) is 146 Å². The van der Waals surface area contributed by atoms with E-state index in [1.165, 1.54) is 12.1 Å². The highest BCUT2D eigenvalue weighted by Crippen LogP contribution is 2.49. The quantitative estimate of drug-likeness (QED) is 0.184. The number of aromatic nitrogens is 2. The van der Waals surface area contributed by atoms with Crippen LogP contribution in [0.3, 0.4) is 0 Å². The van der Waals surface area contributed by atoms with Gasteiger partial charge in [0.1, 0.15) is 11.6 Å². The van der Waals surface area contributed by atoms with Crippen LogP contribution in [0.4, 0.5) is 8.78 Å². The fourth-order valence-electron chi connectivity index (χ4n) is 7.87. The van der Waals surface area contributed by atoms with Crippen LogP contribution in [0, 0.1) is 25.5 Å². The molecule has 0 unspecified atom stereocenters. The molecule has 0 aliphatic heterocycles. The zero-order valence-corrected chi connectivity index (χ0v) is 26.5. The molecule has 48 heavy (non-hydrogen) atoms. The van der Waals surface area contributed by atoms with Crippen LogP contribution in [-0.2, 0) is 0 Å². The lowest BCUT2D eigenvalue weighted by atomic mass is 9.86. The van der Waals surface area contributed by atoms with E-state index in [4.69, 9.17) is 0 Å². The number of hydrogen-bond acceptors (Lipinski definition) is 0. The van der Waals surface area contributed by atoms with E-state index >= 15 is 8.78 Å². The minimum Gasteiger partial charge on any atom is -0.309 e. The van der Waals surface area contributed by atoms with Crippen molar-refractivity contribution in [2.45, 2.75) is 13.8 Å². The highest BCUT2D eigenvalue weighted by Gasteiger charge is 2.29. The van der Waals surface area contributed by atoms with Gasteiger partial charge in [0.15, 0.2) is 0 Å². The summed E-state index contributed by atoms with van der Waals surface area (Å²) in [4.78, 5) is 0. The molecule has 2 aromatic heterocycles. The highest BCUT2D eigenvalue weighted by atomic mass is 19.1. The van der Waals surface area contributed by atoms with Crippen molar-refractivity contribution < 1.29 is 8.78 Å². The average Bonchev–Trinajstić information content (AvgIpc) is 3.62. The maximum Gasteiger partial charge on any atom is 0.131 e. The molecule has 0 fully saturated rings. The van der Waals surface area contributed by atoms with Crippen LogP contribution in [0.1, 0.15) is 11.1 Å². The van der Waals surface area contributed by atoms with Crippen molar-refractivity contribution in [1.29, 1.82) is 0 Å². The van der Waals surface area contributed by atoms with Crippen LogP contribution in [0.2, 0.25) is 0 Å². The fourth-order valence-corrected chi connectivity index (χ4v) is 7.87. The summed E-state index contributed by atoms with van der Waals surface area (Å²) in [5.41, 5.74) is 9.85. The Morgan fingerprint density at radius 1 is 0.354 bits per heavy atom. The third-order valence-corrected chi connectivity index (χ3v) is 9.83. The number of hydrogen-bond donors (Lipinski definition) is 0. The van der Waals surface area contributed by atoms with Crippen LogP contribution in [0.5, 0.6) is 0 Å². The molecule has 4 heteroatoms. The number of nitrogens with zero attached hydrogens (tertiary/aromatic N) is 2. The van der Waals surface area contributed by atoms with E-state index < -0.39 is 0 Å². The van der Waals surface area contributed by atoms with Gasteiger partial charge in [-0.2, -0.15) is 0 Å². The van der Waals surface area contributed by atoms with Gasteiger partial charge >= 0.3 is 0 Å². The van der Waals surface area contributed by atoms with E-state index in [9.17, 15) is 0 Å². The Hall–Kier alpha value is -6.00. The van der Waals surface area contributed by atoms with Gasteiger partial charge in [0.25, 0.3) is 0 Å². The van der Waals surface area contributed by atoms with Crippen molar-refractivity contribution in [1.82, 2.24) is 9.13 Å². The molecule has 0 bridgehead atoms. The monoisotopic (exact) mass is 624 g/mol. The molecule has 7 aromatic carbocycles. The molecule has 0 saturated carbocycles. The molecule has 9 aromatic rings. The summed E-state index contributed by atoms with van der Waals surface area (Å²) >= 11 is 0. The van der Waals surface area contributed by atoms with E-state index in [0.717, 1.165) is 77.2 Å². The Bertz CT molecular complexity index is 2550. The Kier molecular flexibility index (Phi) is 6.34. The van der Waals surface area contributed by atoms with Gasteiger partial charge in [-0.25, -0.2) is 8.78 Å². The van der Waals surface area contributed by atoms with Crippen molar-refractivity contribution in [2.24, 2.45) is 0 Å². The SMILES string of the molecule is Cc1c(-c2ccccc2F)c(-n2c3ccccc3c3ccccc32)c(-c2ccccc2F)c(C)c1-n1c2ccccc2c2ccccc21. The molecule has 0 spiro atoms. The molecule has 2 heterocycles. The lowest BCUT2D eigenvalue weighted by Crippen LogP contribution is -2.11. The minimum absolute atomic E-state index is 0.334. The summed E-state index contributed by atoms with van der Waals surface area (Å²) in [5, 5.41) is 4.40. The largest absolute Gasteiger partial charge is 0.309 e. The molecule has 0 atom stereocenters. The zero-order chi connectivity index (χ0) is 32.5. The van der Waals surface area contributed by atoms with Gasteiger partial charge in [-0.05, 0) is 61.4 Å².